The van der Waals surface area contributed by atoms with Crippen molar-refractivity contribution >= 4 is 24.2 Å². The fourth-order valence-electron chi connectivity index (χ4n) is 5.05. The number of amides is 2. The van der Waals surface area contributed by atoms with Crippen LogP contribution in [0.2, 0.25) is 0 Å². The second kappa shape index (κ2) is 9.90. The lowest BCUT2D eigenvalue weighted by molar-refractivity contribution is -0.138. The topological polar surface area (TPSA) is 78.7 Å². The predicted octanol–water partition coefficient (Wildman–Crippen LogP) is 1.23. The predicted molar refractivity (Wildman–Crippen MR) is 105 cm³/mol. The van der Waals surface area contributed by atoms with Crippen LogP contribution in [0.1, 0.15) is 45.4 Å². The van der Waals surface area contributed by atoms with E-state index in [1.165, 1.54) is 19.3 Å². The molecule has 3 aliphatic rings. The van der Waals surface area contributed by atoms with Crippen LogP contribution in [0.5, 0.6) is 0 Å². The minimum atomic E-state index is 0. The summed E-state index contributed by atoms with van der Waals surface area (Å²) >= 11 is 0. The van der Waals surface area contributed by atoms with Gasteiger partial charge in [0.05, 0.1) is 6.54 Å². The van der Waals surface area contributed by atoms with Gasteiger partial charge in [0.2, 0.25) is 11.8 Å². The molecule has 2 atom stereocenters. The van der Waals surface area contributed by atoms with Crippen molar-refractivity contribution in [2.45, 2.75) is 51.5 Å². The van der Waals surface area contributed by atoms with E-state index in [0.29, 0.717) is 36.9 Å². The van der Waals surface area contributed by atoms with Gasteiger partial charge in [0, 0.05) is 44.7 Å². The summed E-state index contributed by atoms with van der Waals surface area (Å²) in [6.45, 7) is 6.30. The van der Waals surface area contributed by atoms with Gasteiger partial charge in [-0.05, 0) is 50.9 Å². The molecule has 0 radical (unpaired) electrons. The molecule has 1 aliphatic heterocycles. The molecule has 2 aliphatic carbocycles. The molecule has 3 fully saturated rings. The Morgan fingerprint density at radius 2 is 1.73 bits per heavy atom. The summed E-state index contributed by atoms with van der Waals surface area (Å²) in [4.78, 5) is 29.1. The molecule has 1 saturated heterocycles. The molecule has 1 heterocycles. The van der Waals surface area contributed by atoms with Crippen LogP contribution >= 0.6 is 12.4 Å². The number of rotatable bonds is 4. The Morgan fingerprint density at radius 3 is 2.38 bits per heavy atom. The highest BCUT2D eigenvalue weighted by atomic mass is 35.5. The highest BCUT2D eigenvalue weighted by molar-refractivity contribution is 5.85. The van der Waals surface area contributed by atoms with Gasteiger partial charge in [0.1, 0.15) is 0 Å². The van der Waals surface area contributed by atoms with Crippen molar-refractivity contribution < 1.29 is 9.59 Å². The third-order valence-electron chi connectivity index (χ3n) is 6.40. The number of halogens is 1. The fourth-order valence-corrected chi connectivity index (χ4v) is 5.05. The third kappa shape index (κ3) is 5.11. The van der Waals surface area contributed by atoms with Crippen molar-refractivity contribution in [3.63, 3.8) is 0 Å². The van der Waals surface area contributed by atoms with E-state index in [2.05, 4.69) is 15.1 Å². The lowest BCUT2D eigenvalue weighted by Crippen LogP contribution is -2.50. The zero-order valence-corrected chi connectivity index (χ0v) is 16.8. The Kier molecular flexibility index (Phi) is 8.17. The van der Waals surface area contributed by atoms with E-state index in [9.17, 15) is 9.59 Å². The number of nitrogens with one attached hydrogen (secondary N) is 1. The van der Waals surface area contributed by atoms with Crippen molar-refractivity contribution in [3.05, 3.63) is 0 Å². The van der Waals surface area contributed by atoms with Crippen LogP contribution in [0.4, 0.5) is 0 Å². The summed E-state index contributed by atoms with van der Waals surface area (Å²) in [6.07, 6.45) is 6.58. The monoisotopic (exact) mass is 386 g/mol. The van der Waals surface area contributed by atoms with Crippen molar-refractivity contribution in [1.82, 2.24) is 15.1 Å². The van der Waals surface area contributed by atoms with Crippen molar-refractivity contribution in [2.24, 2.45) is 23.5 Å². The number of carbonyl (C=O) groups is 2. The number of nitrogens with two attached hydrogens (primary N) is 1. The molecule has 6 nitrogen and oxygen atoms in total. The van der Waals surface area contributed by atoms with E-state index in [1.807, 2.05) is 6.92 Å². The lowest BCUT2D eigenvalue weighted by atomic mass is 9.65. The quantitative estimate of drug-likeness (QED) is 0.761. The Bertz CT molecular complexity index is 476. The van der Waals surface area contributed by atoms with Crippen molar-refractivity contribution in [1.29, 1.82) is 0 Å². The van der Waals surface area contributed by atoms with Crippen LogP contribution in [-0.4, -0.2) is 66.9 Å². The largest absolute Gasteiger partial charge is 0.355 e. The van der Waals surface area contributed by atoms with Crippen LogP contribution in [0.15, 0.2) is 0 Å². The molecule has 2 saturated carbocycles. The number of carbonyl (C=O) groups excluding carboxylic acids is 2. The van der Waals surface area contributed by atoms with Gasteiger partial charge in [-0.25, -0.2) is 0 Å². The van der Waals surface area contributed by atoms with Gasteiger partial charge in [-0.15, -0.1) is 12.4 Å². The summed E-state index contributed by atoms with van der Waals surface area (Å²) in [5.41, 5.74) is 6.37. The first kappa shape index (κ1) is 21.5. The molecule has 3 N–H and O–H groups in total. The normalized spacial score (nSPS) is 32.3. The number of hydrogen-bond acceptors (Lipinski definition) is 4. The zero-order chi connectivity index (χ0) is 17.8. The molecule has 2 amide bonds. The Morgan fingerprint density at radius 1 is 1.04 bits per heavy atom. The lowest BCUT2D eigenvalue weighted by Gasteiger charge is -2.44. The third-order valence-corrected chi connectivity index (χ3v) is 6.40. The van der Waals surface area contributed by atoms with E-state index >= 15 is 0 Å². The SMILES string of the molecule is CCNC(=O)CN1CCCN(C(=O)C2CC3CCCC(C2)C3N)CC1.Cl. The zero-order valence-electron chi connectivity index (χ0n) is 16.0. The first-order valence-electron chi connectivity index (χ1n) is 10.1. The van der Waals surface area contributed by atoms with Crippen LogP contribution in [-0.2, 0) is 9.59 Å². The van der Waals surface area contributed by atoms with Crippen molar-refractivity contribution in [2.75, 3.05) is 39.3 Å². The van der Waals surface area contributed by atoms with E-state index in [1.54, 1.807) is 0 Å². The molecular weight excluding hydrogens is 352 g/mol. The van der Waals surface area contributed by atoms with Gasteiger partial charge in [-0.1, -0.05) is 6.42 Å². The molecule has 0 aromatic carbocycles. The highest BCUT2D eigenvalue weighted by Gasteiger charge is 2.41. The van der Waals surface area contributed by atoms with Gasteiger partial charge in [0.15, 0.2) is 0 Å². The second-order valence-corrected chi connectivity index (χ2v) is 8.11. The van der Waals surface area contributed by atoms with Crippen molar-refractivity contribution in [3.8, 4) is 0 Å². The highest BCUT2D eigenvalue weighted by Crippen LogP contribution is 2.42. The Hall–Kier alpha value is -0.850. The number of likely N-dealkylation sites (N-methyl/N-ethyl adjacent to an activating group) is 1. The standard InChI is InChI=1S/C19H34N4O2.ClH/c1-2-21-17(24)13-22-7-4-8-23(10-9-22)19(25)16-11-14-5-3-6-15(12-16)18(14)20;/h14-16,18H,2-13,20H2,1H3,(H,21,24);1H. The van der Waals surface area contributed by atoms with Gasteiger partial charge in [-0.3, -0.25) is 14.5 Å². The van der Waals surface area contributed by atoms with E-state index < -0.39 is 0 Å². The van der Waals surface area contributed by atoms with Crippen LogP contribution in [0.3, 0.4) is 0 Å². The van der Waals surface area contributed by atoms with Gasteiger partial charge in [-0.2, -0.15) is 0 Å². The van der Waals surface area contributed by atoms with E-state index in [4.69, 9.17) is 5.73 Å². The average molecular weight is 387 g/mol. The van der Waals surface area contributed by atoms with Gasteiger partial charge < -0.3 is 16.0 Å². The van der Waals surface area contributed by atoms with E-state index in [-0.39, 0.29) is 24.2 Å². The maximum Gasteiger partial charge on any atom is 0.234 e. The van der Waals surface area contributed by atoms with Crippen LogP contribution in [0, 0.1) is 17.8 Å². The summed E-state index contributed by atoms with van der Waals surface area (Å²) in [6, 6.07) is 0.314. The fraction of sp³-hybridized carbons (Fsp3) is 0.895. The first-order chi connectivity index (χ1) is 12.1. The van der Waals surface area contributed by atoms with Crippen LogP contribution in [0.25, 0.3) is 0 Å². The Balaban J connectivity index is 0.00000243. The second-order valence-electron chi connectivity index (χ2n) is 8.11. The number of nitrogens with zero attached hydrogens (tertiary/aromatic N) is 2. The van der Waals surface area contributed by atoms with E-state index in [0.717, 1.165) is 45.4 Å². The number of fused-ring (bicyclic) bond motifs is 2. The molecule has 2 unspecified atom stereocenters. The average Bonchev–Trinajstić information content (AvgIpc) is 2.80. The first-order valence-corrected chi connectivity index (χ1v) is 10.1. The molecule has 0 aromatic heterocycles. The molecule has 3 rings (SSSR count). The van der Waals surface area contributed by atoms with Gasteiger partial charge in [0.25, 0.3) is 0 Å². The molecule has 0 aromatic rings. The molecule has 2 bridgehead atoms. The molecule has 150 valence electrons. The number of hydrogen-bond donors (Lipinski definition) is 2. The maximum absolute atomic E-state index is 13.1. The molecule has 26 heavy (non-hydrogen) atoms. The van der Waals surface area contributed by atoms with Crippen LogP contribution < -0.4 is 11.1 Å². The minimum absolute atomic E-state index is 0. The molecule has 7 heteroatoms. The summed E-state index contributed by atoms with van der Waals surface area (Å²) in [7, 11) is 0. The maximum atomic E-state index is 13.1. The summed E-state index contributed by atoms with van der Waals surface area (Å²) < 4.78 is 0. The molecule has 0 spiro atoms. The minimum Gasteiger partial charge on any atom is -0.355 e. The molecular formula is C19H35ClN4O2. The summed E-state index contributed by atoms with van der Waals surface area (Å²) in [5.74, 6) is 1.68. The van der Waals surface area contributed by atoms with Gasteiger partial charge >= 0.3 is 0 Å². The summed E-state index contributed by atoms with van der Waals surface area (Å²) in [5, 5.41) is 2.85. The Labute approximate surface area is 163 Å². The smallest absolute Gasteiger partial charge is 0.234 e.